The van der Waals surface area contributed by atoms with Gasteiger partial charge in [0.2, 0.25) is 5.91 Å². The molecule has 1 amide bonds. The van der Waals surface area contributed by atoms with Crippen LogP contribution in [-0.2, 0) is 4.79 Å². The van der Waals surface area contributed by atoms with Crippen molar-refractivity contribution < 1.29 is 25.2 Å². The maximum absolute atomic E-state index is 12.7. The molecule has 0 aromatic rings. The minimum absolute atomic E-state index is 0.373. The van der Waals surface area contributed by atoms with Gasteiger partial charge in [0.25, 0.3) is 0 Å². The van der Waals surface area contributed by atoms with Crippen molar-refractivity contribution in [1.82, 2.24) is 5.32 Å². The topological polar surface area (TPSA) is 110 Å². The molecule has 0 heterocycles. The van der Waals surface area contributed by atoms with Crippen LogP contribution in [0.1, 0.15) is 386 Å². The number of allylic oxidation sites excluding steroid dienone is 2. The third kappa shape index (κ3) is 55.8. The highest BCUT2D eigenvalue weighted by molar-refractivity contribution is 5.80. The van der Waals surface area contributed by atoms with E-state index in [-0.39, 0.29) is 0 Å². The molecule has 0 aliphatic heterocycles. The molecule has 0 aromatic heterocycles. The Hall–Kier alpha value is -0.950. The van der Waals surface area contributed by atoms with Crippen LogP contribution in [0.5, 0.6) is 0 Å². The zero-order valence-corrected chi connectivity index (χ0v) is 50.4. The molecule has 0 aliphatic carbocycles. The van der Waals surface area contributed by atoms with E-state index in [2.05, 4.69) is 31.3 Å². The first-order chi connectivity index (χ1) is 36.5. The van der Waals surface area contributed by atoms with Gasteiger partial charge < -0.3 is 25.7 Å². The lowest BCUT2D eigenvalue weighted by molar-refractivity contribution is -0.132. The number of unbranched alkanes of at least 4 members (excludes halogenated alkanes) is 53. The predicted molar refractivity (Wildman–Crippen MR) is 325 cm³/mol. The molecule has 0 saturated heterocycles. The van der Waals surface area contributed by atoms with E-state index >= 15 is 0 Å². The van der Waals surface area contributed by atoms with Gasteiger partial charge in [0.1, 0.15) is 12.2 Å². The van der Waals surface area contributed by atoms with Crippen LogP contribution in [0.15, 0.2) is 12.2 Å². The van der Waals surface area contributed by atoms with Crippen molar-refractivity contribution in [2.45, 2.75) is 411 Å². The van der Waals surface area contributed by atoms with Gasteiger partial charge in [0.15, 0.2) is 0 Å². The second kappa shape index (κ2) is 62.9. The van der Waals surface area contributed by atoms with Crippen LogP contribution in [0.2, 0.25) is 0 Å². The molecule has 74 heavy (non-hydrogen) atoms. The molecule has 0 aromatic carbocycles. The highest BCUT2D eigenvalue weighted by Crippen LogP contribution is 2.20. The van der Waals surface area contributed by atoms with Gasteiger partial charge in [-0.2, -0.15) is 0 Å². The van der Waals surface area contributed by atoms with Crippen molar-refractivity contribution in [2.75, 3.05) is 6.61 Å². The van der Waals surface area contributed by atoms with Gasteiger partial charge in [-0.15, -0.1) is 0 Å². The molecule has 6 nitrogen and oxygen atoms in total. The number of nitrogens with one attached hydrogen (secondary N) is 1. The van der Waals surface area contributed by atoms with Crippen molar-refractivity contribution in [1.29, 1.82) is 0 Å². The summed E-state index contributed by atoms with van der Waals surface area (Å²) in [7, 11) is 0. The number of aliphatic hydroxyl groups excluding tert-OH is 4. The largest absolute Gasteiger partial charge is 0.394 e. The second-order valence-corrected chi connectivity index (χ2v) is 23.9. The summed E-state index contributed by atoms with van der Waals surface area (Å²) in [6.07, 6.45) is 77.6. The zero-order chi connectivity index (χ0) is 53.7. The minimum atomic E-state index is -1.26. The van der Waals surface area contributed by atoms with Gasteiger partial charge >= 0.3 is 0 Å². The van der Waals surface area contributed by atoms with E-state index in [4.69, 9.17) is 0 Å². The van der Waals surface area contributed by atoms with E-state index in [0.717, 1.165) is 38.5 Å². The molecule has 0 radical (unpaired) electrons. The van der Waals surface area contributed by atoms with Crippen LogP contribution in [0.25, 0.3) is 0 Å². The number of hydrogen-bond donors (Lipinski definition) is 5. The van der Waals surface area contributed by atoms with Crippen molar-refractivity contribution in [2.24, 2.45) is 0 Å². The number of rotatable bonds is 64. The number of carbonyl (C=O) groups excluding carboxylic acids is 1. The van der Waals surface area contributed by atoms with Crippen LogP contribution in [-0.4, -0.2) is 57.3 Å². The van der Waals surface area contributed by atoms with Crippen LogP contribution in [0.4, 0.5) is 0 Å². The summed E-state index contributed by atoms with van der Waals surface area (Å²) in [4.78, 5) is 12.7. The maximum atomic E-state index is 12.7. The lowest BCUT2D eigenvalue weighted by Gasteiger charge is -2.27. The van der Waals surface area contributed by atoms with Gasteiger partial charge in [-0.25, -0.2) is 0 Å². The summed E-state index contributed by atoms with van der Waals surface area (Å²) in [5.41, 5.74) is 0. The van der Waals surface area contributed by atoms with E-state index in [9.17, 15) is 25.2 Å². The molecule has 0 aliphatic rings. The number of aliphatic hydroxyl groups is 4. The van der Waals surface area contributed by atoms with E-state index < -0.39 is 36.9 Å². The number of amides is 1. The summed E-state index contributed by atoms with van der Waals surface area (Å²) in [5, 5.41) is 44.2. The van der Waals surface area contributed by atoms with Crippen LogP contribution < -0.4 is 5.32 Å². The molecule has 4 atom stereocenters. The Morgan fingerprint density at radius 1 is 0.324 bits per heavy atom. The monoisotopic (exact) mass is 1050 g/mol. The first kappa shape index (κ1) is 73.0. The lowest BCUT2D eigenvalue weighted by Crippen LogP contribution is -2.53. The predicted octanol–water partition coefficient (Wildman–Crippen LogP) is 20.8. The van der Waals surface area contributed by atoms with Crippen molar-refractivity contribution in [3.8, 4) is 0 Å². The Kier molecular flexibility index (Phi) is 62.1. The van der Waals surface area contributed by atoms with Gasteiger partial charge in [-0.3, -0.25) is 4.79 Å². The minimum Gasteiger partial charge on any atom is -0.394 e. The summed E-state index contributed by atoms with van der Waals surface area (Å²) in [5.74, 6) is -0.576. The molecule has 0 rings (SSSR count). The normalized spacial score (nSPS) is 13.5. The highest BCUT2D eigenvalue weighted by atomic mass is 16.3. The van der Waals surface area contributed by atoms with E-state index in [1.807, 2.05) is 0 Å². The Labute approximate surface area is 463 Å². The van der Waals surface area contributed by atoms with Gasteiger partial charge in [-0.1, -0.05) is 360 Å². The molecule has 0 fully saturated rings. The maximum Gasteiger partial charge on any atom is 0.249 e. The van der Waals surface area contributed by atoms with Crippen LogP contribution in [0, 0.1) is 0 Å². The average molecular weight is 1050 g/mol. The van der Waals surface area contributed by atoms with E-state index in [0.29, 0.717) is 12.8 Å². The fraction of sp³-hybridized carbons (Fsp3) is 0.956. The Morgan fingerprint density at radius 2 is 0.541 bits per heavy atom. The number of carbonyl (C=O) groups is 1. The average Bonchev–Trinajstić information content (AvgIpc) is 3.41. The zero-order valence-electron chi connectivity index (χ0n) is 50.4. The van der Waals surface area contributed by atoms with Gasteiger partial charge in [0.05, 0.1) is 18.8 Å². The summed E-state index contributed by atoms with van der Waals surface area (Å²) < 4.78 is 0. The van der Waals surface area contributed by atoms with Crippen molar-refractivity contribution >= 4 is 5.91 Å². The van der Waals surface area contributed by atoms with Crippen molar-refractivity contribution in [3.63, 3.8) is 0 Å². The fourth-order valence-electron chi connectivity index (χ4n) is 11.2. The quantitative estimate of drug-likeness (QED) is 0.0308. The third-order valence-electron chi connectivity index (χ3n) is 16.5. The molecule has 442 valence electrons. The number of hydrogen-bond acceptors (Lipinski definition) is 5. The second-order valence-electron chi connectivity index (χ2n) is 23.9. The van der Waals surface area contributed by atoms with Crippen LogP contribution >= 0.6 is 0 Å². The Morgan fingerprint density at radius 3 is 0.784 bits per heavy atom. The smallest absolute Gasteiger partial charge is 0.249 e. The Balaban J connectivity index is 3.53. The molecule has 6 heteroatoms. The van der Waals surface area contributed by atoms with Gasteiger partial charge in [-0.05, 0) is 38.5 Å². The van der Waals surface area contributed by atoms with Crippen molar-refractivity contribution in [3.05, 3.63) is 12.2 Å². The molecule has 0 bridgehead atoms. The first-order valence-corrected chi connectivity index (χ1v) is 34.1. The lowest BCUT2D eigenvalue weighted by atomic mass is 9.99. The molecular weight excluding hydrogens is 911 g/mol. The van der Waals surface area contributed by atoms with E-state index in [1.165, 1.54) is 321 Å². The highest BCUT2D eigenvalue weighted by Gasteiger charge is 2.28. The molecule has 0 saturated carbocycles. The summed E-state index contributed by atoms with van der Waals surface area (Å²) in [6, 6.07) is -0.985. The standard InChI is InChI=1S/C68H135NO5/c1-3-5-7-9-11-13-15-17-19-21-23-25-27-29-31-33-34-36-37-39-41-43-45-47-49-51-53-55-57-59-61-65(71)67(73)64(63-70)69-68(74)66(72)62-60-58-56-54-52-50-48-46-44-42-40-38-35-32-30-28-26-24-22-20-18-16-14-12-10-8-6-4-2/h30,32,64-67,70-73H,3-29,31,33-63H2,1-2H3,(H,69,74)/b32-30-. The van der Waals surface area contributed by atoms with E-state index in [1.54, 1.807) is 0 Å². The first-order valence-electron chi connectivity index (χ1n) is 34.1. The summed E-state index contributed by atoms with van der Waals surface area (Å²) >= 11 is 0. The van der Waals surface area contributed by atoms with Crippen LogP contribution in [0.3, 0.4) is 0 Å². The molecular formula is C68H135NO5. The molecule has 5 N–H and O–H groups in total. The fourth-order valence-corrected chi connectivity index (χ4v) is 11.2. The van der Waals surface area contributed by atoms with Gasteiger partial charge in [0, 0.05) is 0 Å². The molecule has 4 unspecified atom stereocenters. The third-order valence-corrected chi connectivity index (χ3v) is 16.5. The Bertz CT molecular complexity index is 1080. The SMILES string of the molecule is CCCCCCCCCCCCCC/C=C\CCCCCCCCCCCCCCC(O)C(=O)NC(CO)C(O)C(O)CCCCCCCCCCCCCCCCCCCCCCCCCCCCCCCC. The molecule has 0 spiro atoms. The summed E-state index contributed by atoms with van der Waals surface area (Å²) in [6.45, 7) is 4.11.